The molecule has 0 spiro atoms. The third-order valence-corrected chi connectivity index (χ3v) is 11.0. The zero-order valence-electron chi connectivity index (χ0n) is 29.1. The van der Waals surface area contributed by atoms with Crippen LogP contribution in [0.1, 0.15) is 85.6 Å². The Kier molecular flexibility index (Phi) is 10.4. The zero-order chi connectivity index (χ0) is 35.6. The molecule has 1 saturated heterocycles. The summed E-state index contributed by atoms with van der Waals surface area (Å²) in [6.07, 6.45) is 9.32. The van der Waals surface area contributed by atoms with E-state index >= 15 is 0 Å². The van der Waals surface area contributed by atoms with E-state index in [2.05, 4.69) is 50.8 Å². The van der Waals surface area contributed by atoms with Gasteiger partial charge in [-0.15, -0.1) is 0 Å². The number of nitrogens with one attached hydrogen (secondary N) is 2. The number of aromatic nitrogens is 4. The molecule has 2 aliphatic rings. The molecule has 50 heavy (non-hydrogen) atoms. The lowest BCUT2D eigenvalue weighted by Crippen LogP contribution is -2.50. The van der Waals surface area contributed by atoms with E-state index in [9.17, 15) is 18.3 Å². The molecule has 0 amide bonds. The standard InChI is InChI=1S/C37H45N7O5S/c1-22(2)17-29-32(16-15-28(39-29)31-20-38-21-33(40-31)44(5)26-12-8-13-26)49-34-19-30(35-23(3)9-6-10-24(35)4)41-37(42-34)43-50(47,48)27-14-7-11-25(18-27)36(45)46/h6-7,9-11,14,18-22,26,28-29,32,39H,8,12-13,15-17H2,1-5H3,(H,45,46)(H,41,42,43)/t28?,29-,32+/m1/s1. The van der Waals surface area contributed by atoms with Crippen LogP contribution in [0.25, 0.3) is 11.3 Å². The smallest absolute Gasteiger partial charge is 0.335 e. The van der Waals surface area contributed by atoms with Gasteiger partial charge in [-0.1, -0.05) is 38.1 Å². The molecule has 2 aromatic heterocycles. The van der Waals surface area contributed by atoms with Gasteiger partial charge in [-0.2, -0.15) is 4.98 Å². The Morgan fingerprint density at radius 2 is 1.76 bits per heavy atom. The maximum atomic E-state index is 13.5. The number of nitrogens with zero attached hydrogens (tertiary/aromatic N) is 5. The summed E-state index contributed by atoms with van der Waals surface area (Å²) < 4.78 is 36.1. The fourth-order valence-electron chi connectivity index (χ4n) is 6.76. The Balaban J connectivity index is 1.30. The largest absolute Gasteiger partial charge is 0.478 e. The Bertz CT molecular complexity index is 1950. The molecule has 1 aliphatic heterocycles. The van der Waals surface area contributed by atoms with Crippen LogP contribution in [-0.2, 0) is 10.0 Å². The summed E-state index contributed by atoms with van der Waals surface area (Å²) in [5, 5.41) is 13.2. The fourth-order valence-corrected chi connectivity index (χ4v) is 7.75. The average molecular weight is 700 g/mol. The van der Waals surface area contributed by atoms with Crippen molar-refractivity contribution in [2.75, 3.05) is 16.7 Å². The predicted octanol–water partition coefficient (Wildman–Crippen LogP) is 6.32. The molecule has 0 radical (unpaired) electrons. The molecule has 1 saturated carbocycles. The summed E-state index contributed by atoms with van der Waals surface area (Å²) in [7, 11) is -2.15. The average Bonchev–Trinajstić information content (AvgIpc) is 3.04. The maximum Gasteiger partial charge on any atom is 0.335 e. The number of aryl methyl sites for hydroxylation is 2. The highest BCUT2D eigenvalue weighted by atomic mass is 32.2. The van der Waals surface area contributed by atoms with Crippen molar-refractivity contribution < 1.29 is 23.1 Å². The second-order valence-corrected chi connectivity index (χ2v) is 15.5. The molecule has 2 fully saturated rings. The first kappa shape index (κ1) is 35.2. The van der Waals surface area contributed by atoms with Gasteiger partial charge in [0.05, 0.1) is 40.3 Å². The van der Waals surface area contributed by atoms with Crippen LogP contribution in [-0.4, -0.2) is 64.7 Å². The van der Waals surface area contributed by atoms with E-state index in [1.54, 1.807) is 6.07 Å². The summed E-state index contributed by atoms with van der Waals surface area (Å²) in [6.45, 7) is 8.29. The number of hydrogen-bond acceptors (Lipinski definition) is 10. The molecule has 3 N–H and O–H groups in total. The lowest BCUT2D eigenvalue weighted by Gasteiger charge is -2.38. The molecule has 13 heteroatoms. The monoisotopic (exact) mass is 699 g/mol. The summed E-state index contributed by atoms with van der Waals surface area (Å²) in [6, 6.07) is 13.3. The topological polar surface area (TPSA) is 160 Å². The third-order valence-electron chi connectivity index (χ3n) is 9.64. The van der Waals surface area contributed by atoms with Crippen molar-refractivity contribution >= 4 is 27.8 Å². The number of carboxylic acid groups (broad SMARTS) is 1. The van der Waals surface area contributed by atoms with Crippen molar-refractivity contribution in [3.63, 3.8) is 0 Å². The van der Waals surface area contributed by atoms with Crippen molar-refractivity contribution in [1.29, 1.82) is 0 Å². The van der Waals surface area contributed by atoms with Gasteiger partial charge >= 0.3 is 5.97 Å². The molecular formula is C37H45N7O5S. The molecule has 1 aliphatic carbocycles. The van der Waals surface area contributed by atoms with Crippen LogP contribution in [0, 0.1) is 19.8 Å². The molecule has 2 aromatic carbocycles. The second kappa shape index (κ2) is 14.7. The minimum atomic E-state index is -4.24. The number of ether oxygens (including phenoxy) is 1. The van der Waals surface area contributed by atoms with E-state index < -0.39 is 16.0 Å². The Morgan fingerprint density at radius 1 is 1.02 bits per heavy atom. The van der Waals surface area contributed by atoms with Crippen LogP contribution in [0.5, 0.6) is 5.88 Å². The number of aromatic carboxylic acids is 1. The number of piperidine rings is 1. The van der Waals surface area contributed by atoms with Crippen molar-refractivity contribution in [3.05, 3.63) is 83.3 Å². The highest BCUT2D eigenvalue weighted by molar-refractivity contribution is 7.92. The Morgan fingerprint density at radius 3 is 2.44 bits per heavy atom. The Hall–Kier alpha value is -4.62. The number of hydrogen-bond donors (Lipinski definition) is 3. The van der Waals surface area contributed by atoms with Crippen LogP contribution in [0.2, 0.25) is 0 Å². The number of anilines is 2. The van der Waals surface area contributed by atoms with Crippen molar-refractivity contribution in [1.82, 2.24) is 25.3 Å². The van der Waals surface area contributed by atoms with E-state index in [0.717, 1.165) is 47.1 Å². The summed E-state index contributed by atoms with van der Waals surface area (Å²) >= 11 is 0. The van der Waals surface area contributed by atoms with Gasteiger partial charge in [0.15, 0.2) is 0 Å². The molecule has 4 aromatic rings. The highest BCUT2D eigenvalue weighted by Crippen LogP contribution is 2.34. The number of rotatable bonds is 12. The van der Waals surface area contributed by atoms with Gasteiger partial charge in [0.2, 0.25) is 11.8 Å². The van der Waals surface area contributed by atoms with Crippen molar-refractivity contribution in [2.45, 2.75) is 95.3 Å². The minimum Gasteiger partial charge on any atom is -0.478 e. The van der Waals surface area contributed by atoms with Crippen LogP contribution in [0.4, 0.5) is 11.8 Å². The zero-order valence-corrected chi connectivity index (χ0v) is 29.9. The normalized spacial score (nSPS) is 19.5. The molecule has 0 bridgehead atoms. The van der Waals surface area contributed by atoms with Gasteiger partial charge in [-0.25, -0.2) is 27.9 Å². The second-order valence-electron chi connectivity index (χ2n) is 13.8. The first-order valence-corrected chi connectivity index (χ1v) is 18.7. The molecule has 1 unspecified atom stereocenters. The number of carbonyl (C=O) groups is 1. The fraction of sp³-hybridized carbons (Fsp3) is 0.432. The van der Waals surface area contributed by atoms with Crippen LogP contribution in [0.15, 0.2) is 65.8 Å². The maximum absolute atomic E-state index is 13.5. The van der Waals surface area contributed by atoms with Crippen molar-refractivity contribution in [2.24, 2.45) is 5.92 Å². The van der Waals surface area contributed by atoms with E-state index in [0.29, 0.717) is 24.1 Å². The lowest BCUT2D eigenvalue weighted by molar-refractivity contribution is 0.0696. The Labute approximate surface area is 293 Å². The highest BCUT2D eigenvalue weighted by Gasteiger charge is 2.34. The van der Waals surface area contributed by atoms with E-state index in [1.165, 1.54) is 37.5 Å². The van der Waals surface area contributed by atoms with Crippen LogP contribution < -0.4 is 19.7 Å². The van der Waals surface area contributed by atoms with Gasteiger partial charge in [-0.3, -0.25) is 4.98 Å². The first-order valence-electron chi connectivity index (χ1n) is 17.2. The molecule has 3 heterocycles. The number of sulfonamides is 1. The lowest BCUT2D eigenvalue weighted by atomic mass is 9.89. The third kappa shape index (κ3) is 7.89. The van der Waals surface area contributed by atoms with Gasteiger partial charge < -0.3 is 20.1 Å². The SMILES string of the molecule is Cc1cccc(C)c1-c1cc(O[C@H]2CCC(c3cncc(N(C)C4CCC4)n3)N[C@@H]2CC(C)C)nc(NS(=O)(=O)c2cccc(C(=O)O)c2)n1. The van der Waals surface area contributed by atoms with E-state index in [-0.39, 0.29) is 40.5 Å². The van der Waals surface area contributed by atoms with Gasteiger partial charge in [-0.05, 0) is 87.6 Å². The summed E-state index contributed by atoms with van der Waals surface area (Å²) in [4.78, 5) is 32.3. The first-order chi connectivity index (χ1) is 23.9. The number of benzene rings is 2. The molecular weight excluding hydrogens is 655 g/mol. The quantitative estimate of drug-likeness (QED) is 0.152. The molecule has 3 atom stereocenters. The summed E-state index contributed by atoms with van der Waals surface area (Å²) in [5.41, 5.74) is 4.03. The van der Waals surface area contributed by atoms with E-state index in [1.807, 2.05) is 44.4 Å². The van der Waals surface area contributed by atoms with E-state index in [4.69, 9.17) is 9.72 Å². The summed E-state index contributed by atoms with van der Waals surface area (Å²) in [5.74, 6) is 0.0886. The predicted molar refractivity (Wildman–Crippen MR) is 192 cm³/mol. The molecule has 264 valence electrons. The van der Waals surface area contributed by atoms with Crippen LogP contribution >= 0.6 is 0 Å². The van der Waals surface area contributed by atoms with Crippen molar-refractivity contribution in [3.8, 4) is 17.1 Å². The van der Waals surface area contributed by atoms with Gasteiger partial charge in [0.1, 0.15) is 11.9 Å². The minimum absolute atomic E-state index is 0.000329. The number of carboxylic acids is 1. The van der Waals surface area contributed by atoms with Gasteiger partial charge in [0.25, 0.3) is 10.0 Å². The molecule has 12 nitrogen and oxygen atoms in total. The van der Waals surface area contributed by atoms with Gasteiger partial charge in [0, 0.05) is 30.8 Å². The molecule has 6 rings (SSSR count). The van der Waals surface area contributed by atoms with Crippen LogP contribution in [0.3, 0.4) is 0 Å².